The van der Waals surface area contributed by atoms with Gasteiger partial charge in [-0.15, -0.1) is 11.3 Å². The van der Waals surface area contributed by atoms with E-state index in [-0.39, 0.29) is 11.7 Å². The van der Waals surface area contributed by atoms with Crippen LogP contribution in [0.2, 0.25) is 0 Å². The number of carbonyl (C=O) groups is 2. The highest BCUT2D eigenvalue weighted by Crippen LogP contribution is 2.17. The van der Waals surface area contributed by atoms with E-state index in [9.17, 15) is 9.59 Å². The first kappa shape index (κ1) is 12.9. The minimum Gasteiger partial charge on any atom is -0.346 e. The van der Waals surface area contributed by atoms with E-state index in [1.165, 1.54) is 11.3 Å². The highest BCUT2D eigenvalue weighted by Gasteiger charge is 2.12. The Kier molecular flexibility index (Phi) is 4.68. The largest absolute Gasteiger partial charge is 0.346 e. The number of nitrogens with zero attached hydrogens (tertiary/aromatic N) is 1. The number of hydrogen-bond donors (Lipinski definition) is 0. The smallest absolute Gasteiger partial charge is 0.222 e. The topological polar surface area (TPSA) is 37.4 Å². The lowest BCUT2D eigenvalue weighted by atomic mass is 10.2. The van der Waals surface area contributed by atoms with Crippen LogP contribution in [-0.2, 0) is 4.79 Å². The van der Waals surface area contributed by atoms with Gasteiger partial charge in [0, 0.05) is 31.3 Å². The summed E-state index contributed by atoms with van der Waals surface area (Å²) in [7, 11) is 1.75. The SMILES string of the molecule is CCN(C)C(=O)CCC(=O)c1ccc(C)s1. The highest BCUT2D eigenvalue weighted by molar-refractivity contribution is 7.14. The van der Waals surface area contributed by atoms with Gasteiger partial charge in [-0.2, -0.15) is 0 Å². The summed E-state index contributed by atoms with van der Waals surface area (Å²) in [6.45, 7) is 4.57. The van der Waals surface area contributed by atoms with Crippen molar-refractivity contribution >= 4 is 23.0 Å². The third-order valence-corrected chi connectivity index (χ3v) is 3.52. The molecule has 0 radical (unpaired) electrons. The molecule has 0 aliphatic rings. The van der Waals surface area contributed by atoms with Crippen molar-refractivity contribution in [3.05, 3.63) is 21.9 Å². The maximum atomic E-state index is 11.7. The molecule has 0 aromatic carbocycles. The van der Waals surface area contributed by atoms with E-state index in [4.69, 9.17) is 0 Å². The lowest BCUT2D eigenvalue weighted by molar-refractivity contribution is -0.129. The Hall–Kier alpha value is -1.16. The zero-order chi connectivity index (χ0) is 12.1. The number of carbonyl (C=O) groups excluding carboxylic acids is 2. The summed E-state index contributed by atoms with van der Waals surface area (Å²) in [6.07, 6.45) is 0.614. The number of ketones is 1. The fraction of sp³-hybridized carbons (Fsp3) is 0.500. The Balaban J connectivity index is 2.44. The molecule has 0 bridgehead atoms. The molecule has 3 nitrogen and oxygen atoms in total. The lowest BCUT2D eigenvalue weighted by Gasteiger charge is -2.13. The minimum absolute atomic E-state index is 0.0316. The molecule has 0 spiro atoms. The van der Waals surface area contributed by atoms with Gasteiger partial charge in [0.25, 0.3) is 0 Å². The van der Waals surface area contributed by atoms with Gasteiger partial charge < -0.3 is 4.90 Å². The summed E-state index contributed by atoms with van der Waals surface area (Å²) in [5, 5.41) is 0. The van der Waals surface area contributed by atoms with Crippen molar-refractivity contribution in [3.63, 3.8) is 0 Å². The van der Waals surface area contributed by atoms with Gasteiger partial charge in [0.05, 0.1) is 4.88 Å². The van der Waals surface area contributed by atoms with E-state index in [0.29, 0.717) is 19.4 Å². The van der Waals surface area contributed by atoms with E-state index in [0.717, 1.165) is 9.75 Å². The van der Waals surface area contributed by atoms with Crippen LogP contribution in [0.15, 0.2) is 12.1 Å². The quantitative estimate of drug-likeness (QED) is 0.740. The summed E-state index contributed by atoms with van der Waals surface area (Å²) >= 11 is 1.49. The van der Waals surface area contributed by atoms with Gasteiger partial charge in [-0.3, -0.25) is 9.59 Å². The standard InChI is InChI=1S/C12H17NO2S/c1-4-13(3)12(15)8-6-10(14)11-7-5-9(2)16-11/h5,7H,4,6,8H2,1-3H3. The summed E-state index contributed by atoms with van der Waals surface area (Å²) in [4.78, 5) is 26.7. The molecule has 0 N–H and O–H groups in total. The predicted molar refractivity (Wildman–Crippen MR) is 65.9 cm³/mol. The molecular formula is C12H17NO2S. The number of amides is 1. The molecular weight excluding hydrogens is 222 g/mol. The zero-order valence-corrected chi connectivity index (χ0v) is 10.8. The van der Waals surface area contributed by atoms with Crippen LogP contribution in [0, 0.1) is 6.92 Å². The number of thiophene rings is 1. The van der Waals surface area contributed by atoms with E-state index < -0.39 is 0 Å². The van der Waals surface area contributed by atoms with E-state index >= 15 is 0 Å². The minimum atomic E-state index is 0.0316. The average Bonchev–Trinajstić information content (AvgIpc) is 2.71. The average molecular weight is 239 g/mol. The van der Waals surface area contributed by atoms with Crippen LogP contribution in [0.5, 0.6) is 0 Å². The fourth-order valence-electron chi connectivity index (χ4n) is 1.30. The molecule has 1 amide bonds. The molecule has 88 valence electrons. The van der Waals surface area contributed by atoms with Crippen molar-refractivity contribution in [2.45, 2.75) is 26.7 Å². The summed E-state index contributed by atoms with van der Waals surface area (Å²) in [6, 6.07) is 3.76. The van der Waals surface area contributed by atoms with Gasteiger partial charge >= 0.3 is 0 Å². The first-order chi connectivity index (χ1) is 7.54. The molecule has 16 heavy (non-hydrogen) atoms. The van der Waals surface area contributed by atoms with Crippen molar-refractivity contribution in [1.82, 2.24) is 4.90 Å². The Morgan fingerprint density at radius 3 is 2.50 bits per heavy atom. The number of hydrogen-bond acceptors (Lipinski definition) is 3. The van der Waals surface area contributed by atoms with Gasteiger partial charge in [-0.05, 0) is 26.0 Å². The predicted octanol–water partition coefficient (Wildman–Crippen LogP) is 2.50. The van der Waals surface area contributed by atoms with E-state index in [1.807, 2.05) is 26.0 Å². The van der Waals surface area contributed by atoms with Crippen LogP contribution in [0.4, 0.5) is 0 Å². The second kappa shape index (κ2) is 5.80. The fourth-order valence-corrected chi connectivity index (χ4v) is 2.13. The lowest BCUT2D eigenvalue weighted by Crippen LogP contribution is -2.26. The van der Waals surface area contributed by atoms with Crippen molar-refractivity contribution in [3.8, 4) is 0 Å². The Bertz CT molecular complexity index is 384. The molecule has 0 fully saturated rings. The maximum absolute atomic E-state index is 11.7. The first-order valence-electron chi connectivity index (χ1n) is 5.38. The number of rotatable bonds is 5. The molecule has 0 unspecified atom stereocenters. The maximum Gasteiger partial charge on any atom is 0.222 e. The van der Waals surface area contributed by atoms with Crippen LogP contribution >= 0.6 is 11.3 Å². The summed E-state index contributed by atoms with van der Waals surface area (Å²) in [5.41, 5.74) is 0. The van der Waals surface area contributed by atoms with Gasteiger partial charge in [-0.25, -0.2) is 0 Å². The third kappa shape index (κ3) is 3.45. The normalized spacial score (nSPS) is 10.2. The second-order valence-electron chi connectivity index (χ2n) is 3.74. The summed E-state index contributed by atoms with van der Waals surface area (Å²) in [5.74, 6) is 0.0973. The zero-order valence-electron chi connectivity index (χ0n) is 9.95. The van der Waals surface area contributed by atoms with Crippen LogP contribution in [-0.4, -0.2) is 30.2 Å². The summed E-state index contributed by atoms with van der Waals surface area (Å²) < 4.78 is 0. The molecule has 0 aliphatic carbocycles. The molecule has 1 rings (SSSR count). The molecule has 0 atom stereocenters. The highest BCUT2D eigenvalue weighted by atomic mass is 32.1. The molecule has 0 aliphatic heterocycles. The van der Waals surface area contributed by atoms with Crippen molar-refractivity contribution < 1.29 is 9.59 Å². The van der Waals surface area contributed by atoms with Gasteiger partial charge in [-0.1, -0.05) is 0 Å². The second-order valence-corrected chi connectivity index (χ2v) is 5.03. The van der Waals surface area contributed by atoms with Crippen molar-refractivity contribution in [2.24, 2.45) is 0 Å². The van der Waals surface area contributed by atoms with Crippen LogP contribution in [0.25, 0.3) is 0 Å². The third-order valence-electron chi connectivity index (χ3n) is 2.48. The van der Waals surface area contributed by atoms with Crippen LogP contribution in [0.1, 0.15) is 34.3 Å². The monoisotopic (exact) mass is 239 g/mol. The van der Waals surface area contributed by atoms with Crippen molar-refractivity contribution in [1.29, 1.82) is 0 Å². The van der Waals surface area contributed by atoms with Gasteiger partial charge in [0.15, 0.2) is 5.78 Å². The molecule has 4 heteroatoms. The Morgan fingerprint density at radius 1 is 1.31 bits per heavy atom. The van der Waals surface area contributed by atoms with E-state index in [2.05, 4.69) is 0 Å². The van der Waals surface area contributed by atoms with E-state index in [1.54, 1.807) is 11.9 Å². The molecule has 0 saturated carbocycles. The molecule has 1 heterocycles. The van der Waals surface area contributed by atoms with Gasteiger partial charge in [0.2, 0.25) is 5.91 Å². The van der Waals surface area contributed by atoms with Crippen molar-refractivity contribution in [2.75, 3.05) is 13.6 Å². The van der Waals surface area contributed by atoms with Crippen LogP contribution in [0.3, 0.4) is 0 Å². The van der Waals surface area contributed by atoms with Crippen LogP contribution < -0.4 is 0 Å². The molecule has 1 aromatic heterocycles. The number of aryl methyl sites for hydroxylation is 1. The first-order valence-corrected chi connectivity index (χ1v) is 6.19. The number of Topliss-reactive ketones (excluding diaryl/α,β-unsaturated/α-hetero) is 1. The Morgan fingerprint density at radius 2 is 2.00 bits per heavy atom. The van der Waals surface area contributed by atoms with Gasteiger partial charge in [0.1, 0.15) is 0 Å². The Labute approximate surface area is 100 Å². The molecule has 0 saturated heterocycles. The molecule has 1 aromatic rings.